The third kappa shape index (κ3) is 2.50. The molecule has 0 bridgehead atoms. The van der Waals surface area contributed by atoms with Crippen molar-refractivity contribution in [2.24, 2.45) is 0 Å². The SMILES string of the molecule is COc1ccccc1CN1CCCSC1=O. The fraction of sp³-hybridized carbons (Fsp3) is 0.417. The van der Waals surface area contributed by atoms with E-state index in [0.29, 0.717) is 6.54 Å². The van der Waals surface area contributed by atoms with Crippen molar-refractivity contribution in [3.05, 3.63) is 29.8 Å². The molecule has 0 spiro atoms. The Hall–Kier alpha value is -1.16. The highest BCUT2D eigenvalue weighted by molar-refractivity contribution is 8.13. The van der Waals surface area contributed by atoms with Gasteiger partial charge in [0.2, 0.25) is 0 Å². The van der Waals surface area contributed by atoms with Crippen molar-refractivity contribution in [1.29, 1.82) is 0 Å². The minimum atomic E-state index is 0.178. The van der Waals surface area contributed by atoms with Gasteiger partial charge in [-0.15, -0.1) is 0 Å². The van der Waals surface area contributed by atoms with E-state index in [1.807, 2.05) is 29.2 Å². The summed E-state index contributed by atoms with van der Waals surface area (Å²) < 4.78 is 5.28. The molecule has 1 aromatic carbocycles. The summed E-state index contributed by atoms with van der Waals surface area (Å²) >= 11 is 1.41. The lowest BCUT2D eigenvalue weighted by atomic mass is 10.2. The number of carbonyl (C=O) groups is 1. The second-order valence-electron chi connectivity index (χ2n) is 3.70. The number of thioether (sulfide) groups is 1. The van der Waals surface area contributed by atoms with Gasteiger partial charge in [0.1, 0.15) is 5.75 Å². The monoisotopic (exact) mass is 237 g/mol. The Labute approximate surface area is 99.8 Å². The Balaban J connectivity index is 2.10. The molecule has 4 heteroatoms. The summed E-state index contributed by atoms with van der Waals surface area (Å²) in [5.74, 6) is 1.80. The molecule has 0 atom stereocenters. The van der Waals surface area contributed by atoms with Gasteiger partial charge in [0.05, 0.1) is 13.7 Å². The molecule has 2 rings (SSSR count). The molecule has 1 aliphatic heterocycles. The van der Waals surface area contributed by atoms with Crippen molar-refractivity contribution in [2.75, 3.05) is 19.4 Å². The van der Waals surface area contributed by atoms with Crippen LogP contribution in [0.3, 0.4) is 0 Å². The second-order valence-corrected chi connectivity index (χ2v) is 4.75. The van der Waals surface area contributed by atoms with Gasteiger partial charge in [-0.2, -0.15) is 0 Å². The minimum Gasteiger partial charge on any atom is -0.496 e. The van der Waals surface area contributed by atoms with Crippen molar-refractivity contribution < 1.29 is 9.53 Å². The van der Waals surface area contributed by atoms with E-state index >= 15 is 0 Å². The van der Waals surface area contributed by atoms with Gasteiger partial charge in [-0.3, -0.25) is 4.79 Å². The summed E-state index contributed by atoms with van der Waals surface area (Å²) in [5.41, 5.74) is 1.07. The fourth-order valence-electron chi connectivity index (χ4n) is 1.78. The molecule has 1 fully saturated rings. The van der Waals surface area contributed by atoms with E-state index < -0.39 is 0 Å². The predicted molar refractivity (Wildman–Crippen MR) is 65.9 cm³/mol. The molecule has 1 heterocycles. The Bertz CT molecular complexity index is 381. The molecule has 0 N–H and O–H groups in total. The van der Waals surface area contributed by atoms with E-state index in [2.05, 4.69) is 0 Å². The number of carbonyl (C=O) groups excluding carboxylic acids is 1. The minimum absolute atomic E-state index is 0.178. The van der Waals surface area contributed by atoms with Gasteiger partial charge in [0.15, 0.2) is 0 Å². The van der Waals surface area contributed by atoms with Crippen LogP contribution in [0.1, 0.15) is 12.0 Å². The molecule has 0 aliphatic carbocycles. The zero-order valence-corrected chi connectivity index (χ0v) is 10.1. The van der Waals surface area contributed by atoms with Crippen LogP contribution in [-0.4, -0.2) is 29.5 Å². The van der Waals surface area contributed by atoms with Crippen molar-refractivity contribution in [3.63, 3.8) is 0 Å². The van der Waals surface area contributed by atoms with Gasteiger partial charge < -0.3 is 9.64 Å². The van der Waals surface area contributed by atoms with Crippen LogP contribution in [0.5, 0.6) is 5.75 Å². The zero-order valence-electron chi connectivity index (χ0n) is 9.31. The molecule has 1 aromatic rings. The summed E-state index contributed by atoms with van der Waals surface area (Å²) in [5, 5.41) is 0.178. The molecule has 0 radical (unpaired) electrons. The Morgan fingerprint density at radius 2 is 2.25 bits per heavy atom. The number of nitrogens with zero attached hydrogens (tertiary/aromatic N) is 1. The van der Waals surface area contributed by atoms with Crippen LogP contribution >= 0.6 is 11.8 Å². The highest BCUT2D eigenvalue weighted by atomic mass is 32.2. The average Bonchev–Trinajstić information content (AvgIpc) is 2.33. The normalized spacial score (nSPS) is 16.3. The molecule has 0 unspecified atom stereocenters. The maximum absolute atomic E-state index is 11.6. The molecule has 86 valence electrons. The lowest BCUT2D eigenvalue weighted by Crippen LogP contribution is -2.32. The number of para-hydroxylation sites is 1. The Morgan fingerprint density at radius 1 is 1.44 bits per heavy atom. The van der Waals surface area contributed by atoms with Crippen molar-refractivity contribution in [2.45, 2.75) is 13.0 Å². The van der Waals surface area contributed by atoms with Crippen LogP contribution in [0.25, 0.3) is 0 Å². The summed E-state index contributed by atoms with van der Waals surface area (Å²) in [4.78, 5) is 13.5. The van der Waals surface area contributed by atoms with E-state index in [9.17, 15) is 4.79 Å². The van der Waals surface area contributed by atoms with E-state index in [1.54, 1.807) is 7.11 Å². The van der Waals surface area contributed by atoms with Crippen molar-refractivity contribution in [3.8, 4) is 5.75 Å². The number of rotatable bonds is 3. The predicted octanol–water partition coefficient (Wildman–Crippen LogP) is 2.75. The van der Waals surface area contributed by atoms with Crippen LogP contribution in [0.2, 0.25) is 0 Å². The number of methoxy groups -OCH3 is 1. The number of amides is 1. The fourth-order valence-corrected chi connectivity index (χ4v) is 2.57. The largest absolute Gasteiger partial charge is 0.496 e. The number of ether oxygens (including phenoxy) is 1. The maximum Gasteiger partial charge on any atom is 0.281 e. The summed E-state index contributed by atoms with van der Waals surface area (Å²) in [6.45, 7) is 1.50. The molecular formula is C12H15NO2S. The van der Waals surface area contributed by atoms with Crippen LogP contribution in [0.4, 0.5) is 4.79 Å². The quantitative estimate of drug-likeness (QED) is 0.809. The molecule has 1 amide bonds. The zero-order chi connectivity index (χ0) is 11.4. The smallest absolute Gasteiger partial charge is 0.281 e. The average molecular weight is 237 g/mol. The molecule has 16 heavy (non-hydrogen) atoms. The first-order chi connectivity index (χ1) is 7.81. The maximum atomic E-state index is 11.6. The molecule has 1 saturated heterocycles. The number of hydrogen-bond acceptors (Lipinski definition) is 3. The van der Waals surface area contributed by atoms with Gasteiger partial charge in [0.25, 0.3) is 5.24 Å². The third-order valence-electron chi connectivity index (χ3n) is 2.61. The van der Waals surface area contributed by atoms with Gasteiger partial charge in [-0.25, -0.2) is 0 Å². The topological polar surface area (TPSA) is 29.5 Å². The number of hydrogen-bond donors (Lipinski definition) is 0. The standard InChI is InChI=1S/C12H15NO2S/c1-15-11-6-3-2-5-10(11)9-13-7-4-8-16-12(13)14/h2-3,5-6H,4,7-9H2,1H3. The van der Waals surface area contributed by atoms with Crippen LogP contribution in [-0.2, 0) is 6.54 Å². The number of benzene rings is 1. The Morgan fingerprint density at radius 3 is 3.00 bits per heavy atom. The molecule has 0 saturated carbocycles. The highest BCUT2D eigenvalue weighted by Crippen LogP contribution is 2.23. The first-order valence-electron chi connectivity index (χ1n) is 5.35. The lowest BCUT2D eigenvalue weighted by Gasteiger charge is -2.26. The van der Waals surface area contributed by atoms with Crippen molar-refractivity contribution in [1.82, 2.24) is 4.90 Å². The van der Waals surface area contributed by atoms with E-state index in [0.717, 1.165) is 30.0 Å². The van der Waals surface area contributed by atoms with Gasteiger partial charge in [-0.1, -0.05) is 30.0 Å². The second kappa shape index (κ2) is 5.25. The molecule has 3 nitrogen and oxygen atoms in total. The van der Waals surface area contributed by atoms with Crippen LogP contribution in [0.15, 0.2) is 24.3 Å². The molecule has 0 aromatic heterocycles. The van der Waals surface area contributed by atoms with Crippen molar-refractivity contribution >= 4 is 17.0 Å². The summed E-state index contributed by atoms with van der Waals surface area (Å²) in [7, 11) is 1.66. The van der Waals surface area contributed by atoms with E-state index in [1.165, 1.54) is 11.8 Å². The van der Waals surface area contributed by atoms with E-state index in [4.69, 9.17) is 4.74 Å². The summed E-state index contributed by atoms with van der Waals surface area (Å²) in [6, 6.07) is 7.84. The highest BCUT2D eigenvalue weighted by Gasteiger charge is 2.19. The van der Waals surface area contributed by atoms with Gasteiger partial charge in [0, 0.05) is 17.9 Å². The first kappa shape index (κ1) is 11.3. The van der Waals surface area contributed by atoms with Gasteiger partial charge in [-0.05, 0) is 12.5 Å². The lowest BCUT2D eigenvalue weighted by molar-refractivity contribution is 0.218. The van der Waals surface area contributed by atoms with Crippen LogP contribution in [0, 0.1) is 0 Å². The third-order valence-corrected chi connectivity index (χ3v) is 3.61. The van der Waals surface area contributed by atoms with Crippen LogP contribution < -0.4 is 4.74 Å². The van der Waals surface area contributed by atoms with E-state index in [-0.39, 0.29) is 5.24 Å². The molecular weight excluding hydrogens is 222 g/mol. The Kier molecular flexibility index (Phi) is 3.72. The summed E-state index contributed by atoms with van der Waals surface area (Å²) in [6.07, 6.45) is 1.07. The molecule has 1 aliphatic rings. The van der Waals surface area contributed by atoms with Gasteiger partial charge >= 0.3 is 0 Å². The first-order valence-corrected chi connectivity index (χ1v) is 6.33.